The number of aryl methyl sites for hydroxylation is 1. The molecule has 0 aromatic heterocycles. The molecule has 36 heavy (non-hydrogen) atoms. The normalized spacial score (nSPS) is 19.1. The number of benzene rings is 3. The molecule has 3 aromatic rings. The van der Waals surface area contributed by atoms with Gasteiger partial charge in [0.2, 0.25) is 0 Å². The van der Waals surface area contributed by atoms with Crippen molar-refractivity contribution in [1.29, 1.82) is 0 Å². The van der Waals surface area contributed by atoms with Crippen LogP contribution in [0.3, 0.4) is 0 Å². The molecule has 1 unspecified atom stereocenters. The van der Waals surface area contributed by atoms with Gasteiger partial charge in [-0.2, -0.15) is 0 Å². The van der Waals surface area contributed by atoms with E-state index in [0.717, 1.165) is 42.9 Å². The van der Waals surface area contributed by atoms with Crippen molar-refractivity contribution in [2.75, 3.05) is 31.5 Å². The summed E-state index contributed by atoms with van der Waals surface area (Å²) < 4.78 is 0. The van der Waals surface area contributed by atoms with E-state index in [1.54, 1.807) is 0 Å². The zero-order valence-electron chi connectivity index (χ0n) is 21.1. The first-order valence-electron chi connectivity index (χ1n) is 13.5. The molecule has 2 amide bonds. The van der Waals surface area contributed by atoms with Gasteiger partial charge >= 0.3 is 6.03 Å². The maximum Gasteiger partial charge on any atom is 0.319 e. The van der Waals surface area contributed by atoms with Crippen molar-refractivity contribution in [3.05, 3.63) is 90.0 Å². The van der Waals surface area contributed by atoms with Crippen LogP contribution in [0.2, 0.25) is 0 Å². The van der Waals surface area contributed by atoms with E-state index in [9.17, 15) is 4.79 Å². The highest BCUT2D eigenvalue weighted by Crippen LogP contribution is 2.34. The first-order valence-corrected chi connectivity index (χ1v) is 13.5. The van der Waals surface area contributed by atoms with Crippen molar-refractivity contribution in [3.8, 4) is 11.1 Å². The molecular weight excluding hydrogens is 444 g/mol. The van der Waals surface area contributed by atoms with Crippen molar-refractivity contribution >= 4 is 11.7 Å². The van der Waals surface area contributed by atoms with Crippen LogP contribution in [0.15, 0.2) is 78.9 Å². The highest BCUT2D eigenvalue weighted by atomic mass is 16.2. The van der Waals surface area contributed by atoms with Gasteiger partial charge in [0.1, 0.15) is 0 Å². The Balaban J connectivity index is 1.17. The number of anilines is 1. The van der Waals surface area contributed by atoms with Gasteiger partial charge in [-0.15, -0.1) is 0 Å². The third-order valence-corrected chi connectivity index (χ3v) is 7.56. The van der Waals surface area contributed by atoms with E-state index < -0.39 is 0 Å². The molecule has 0 radical (unpaired) electrons. The molecule has 3 aromatic carbocycles. The molecule has 0 saturated carbocycles. The smallest absolute Gasteiger partial charge is 0.319 e. The van der Waals surface area contributed by atoms with E-state index in [2.05, 4.69) is 57.2 Å². The van der Waals surface area contributed by atoms with Crippen molar-refractivity contribution < 1.29 is 4.79 Å². The Bertz CT molecular complexity index is 1130. The number of nitrogens with one attached hydrogen (secondary N) is 3. The summed E-state index contributed by atoms with van der Waals surface area (Å²) in [6.45, 7) is 3.85. The van der Waals surface area contributed by atoms with E-state index in [0.29, 0.717) is 18.6 Å². The molecule has 2 aliphatic rings. The fourth-order valence-electron chi connectivity index (χ4n) is 5.79. The molecule has 5 rings (SSSR count). The number of urea groups is 1. The molecule has 5 heteroatoms. The van der Waals surface area contributed by atoms with E-state index >= 15 is 0 Å². The lowest BCUT2D eigenvalue weighted by Gasteiger charge is -2.37. The fourth-order valence-corrected chi connectivity index (χ4v) is 5.79. The highest BCUT2D eigenvalue weighted by Gasteiger charge is 2.28. The van der Waals surface area contributed by atoms with Crippen molar-refractivity contribution in [3.63, 3.8) is 0 Å². The lowest BCUT2D eigenvalue weighted by Crippen LogP contribution is -2.42. The summed E-state index contributed by atoms with van der Waals surface area (Å²) >= 11 is 0. The minimum Gasteiger partial charge on any atom is -0.338 e. The van der Waals surface area contributed by atoms with Crippen LogP contribution in [0.5, 0.6) is 0 Å². The molecule has 1 heterocycles. The summed E-state index contributed by atoms with van der Waals surface area (Å²) in [4.78, 5) is 15.4. The topological polar surface area (TPSA) is 56.4 Å². The first-order chi connectivity index (χ1) is 17.8. The number of nitrogens with zero attached hydrogens (tertiary/aromatic N) is 1. The summed E-state index contributed by atoms with van der Waals surface area (Å²) in [5.41, 5.74) is 5.96. The second kappa shape index (κ2) is 12.2. The van der Waals surface area contributed by atoms with Crippen molar-refractivity contribution in [2.24, 2.45) is 0 Å². The number of para-hydroxylation sites is 1. The molecule has 1 fully saturated rings. The van der Waals surface area contributed by atoms with Gasteiger partial charge in [-0.25, -0.2) is 4.79 Å². The average Bonchev–Trinajstić information content (AvgIpc) is 3.44. The van der Waals surface area contributed by atoms with E-state index in [-0.39, 0.29) is 6.03 Å². The molecule has 1 aliphatic carbocycles. The predicted molar refractivity (Wildman–Crippen MR) is 148 cm³/mol. The lowest BCUT2D eigenvalue weighted by atomic mass is 9.86. The molecular formula is C31H38N4O. The third kappa shape index (κ3) is 6.15. The molecule has 1 saturated heterocycles. The standard InChI is InChI=1S/C31H38N4O/c36-31(34-29-18-7-6-16-27(29)24-11-2-1-3-12-24)33-21-10-22-35(23-26-15-9-20-32-26)30-19-8-14-25-13-4-5-17-28(25)30/h1-7,11-13,16-18,26,30,32H,8-10,14-15,19-23H2,(H2,33,34,36)/t26-,30?/m0/s1. The van der Waals surface area contributed by atoms with Gasteiger partial charge in [0.05, 0.1) is 5.69 Å². The van der Waals surface area contributed by atoms with Crippen LogP contribution in [0, 0.1) is 0 Å². The maximum absolute atomic E-state index is 12.7. The van der Waals surface area contributed by atoms with Gasteiger partial charge in [0, 0.05) is 37.3 Å². The molecule has 3 N–H and O–H groups in total. The second-order valence-electron chi connectivity index (χ2n) is 10.0. The summed E-state index contributed by atoms with van der Waals surface area (Å²) in [7, 11) is 0. The van der Waals surface area contributed by atoms with Crippen LogP contribution >= 0.6 is 0 Å². The molecule has 1 aliphatic heterocycles. The SMILES string of the molecule is O=C(NCCCN(C[C@@H]1CCCN1)C1CCCc2ccccc21)Nc1ccccc1-c1ccccc1. The number of rotatable bonds is 9. The lowest BCUT2D eigenvalue weighted by molar-refractivity contribution is 0.161. The van der Waals surface area contributed by atoms with Gasteiger partial charge in [0.15, 0.2) is 0 Å². The summed E-state index contributed by atoms with van der Waals surface area (Å²) in [6.07, 6.45) is 7.11. The van der Waals surface area contributed by atoms with Gasteiger partial charge in [-0.1, -0.05) is 72.8 Å². The molecule has 5 nitrogen and oxygen atoms in total. The first kappa shape index (κ1) is 24.5. The maximum atomic E-state index is 12.7. The van der Waals surface area contributed by atoms with Crippen LogP contribution in [0.25, 0.3) is 11.1 Å². The number of fused-ring (bicyclic) bond motifs is 1. The Morgan fingerprint density at radius 3 is 2.58 bits per heavy atom. The van der Waals surface area contributed by atoms with Crippen molar-refractivity contribution in [1.82, 2.24) is 15.5 Å². The Morgan fingerprint density at radius 2 is 1.72 bits per heavy atom. The van der Waals surface area contributed by atoms with Gasteiger partial charge < -0.3 is 16.0 Å². The van der Waals surface area contributed by atoms with E-state index in [1.165, 1.54) is 43.2 Å². The zero-order chi connectivity index (χ0) is 24.6. The molecule has 0 bridgehead atoms. The van der Waals surface area contributed by atoms with Gasteiger partial charge in [-0.05, 0) is 67.8 Å². The number of carbonyl (C=O) groups is 1. The van der Waals surface area contributed by atoms with Crippen LogP contribution < -0.4 is 16.0 Å². The summed E-state index contributed by atoms with van der Waals surface area (Å²) in [5.74, 6) is 0. The molecule has 0 spiro atoms. The largest absolute Gasteiger partial charge is 0.338 e. The monoisotopic (exact) mass is 482 g/mol. The van der Waals surface area contributed by atoms with Gasteiger partial charge in [-0.3, -0.25) is 4.90 Å². The zero-order valence-corrected chi connectivity index (χ0v) is 21.1. The minimum absolute atomic E-state index is 0.148. The Morgan fingerprint density at radius 1 is 0.917 bits per heavy atom. The molecule has 188 valence electrons. The Labute approximate surface area is 215 Å². The van der Waals surface area contributed by atoms with Crippen molar-refractivity contribution in [2.45, 2.75) is 50.6 Å². The molecule has 2 atom stereocenters. The van der Waals surface area contributed by atoms with E-state index in [4.69, 9.17) is 0 Å². The Kier molecular flexibility index (Phi) is 8.32. The second-order valence-corrected chi connectivity index (χ2v) is 10.0. The van der Waals surface area contributed by atoms with E-state index in [1.807, 2.05) is 42.5 Å². The minimum atomic E-state index is -0.148. The van der Waals surface area contributed by atoms with Gasteiger partial charge in [0.25, 0.3) is 0 Å². The number of carbonyl (C=O) groups excluding carboxylic acids is 1. The highest BCUT2D eigenvalue weighted by molar-refractivity contribution is 5.94. The number of hydrogen-bond acceptors (Lipinski definition) is 3. The Hall–Kier alpha value is -3.15. The van der Waals surface area contributed by atoms with Crippen LogP contribution in [0.1, 0.15) is 49.3 Å². The average molecular weight is 483 g/mol. The van der Waals surface area contributed by atoms with Crippen LogP contribution in [-0.2, 0) is 6.42 Å². The predicted octanol–water partition coefficient (Wildman–Crippen LogP) is 6.00. The number of amides is 2. The number of hydrogen-bond donors (Lipinski definition) is 3. The third-order valence-electron chi connectivity index (χ3n) is 7.56. The fraction of sp³-hybridized carbons (Fsp3) is 0.387. The quantitative estimate of drug-likeness (QED) is 0.328. The summed E-state index contributed by atoms with van der Waals surface area (Å²) in [6, 6.07) is 28.0. The van der Waals surface area contributed by atoms with Crippen LogP contribution in [-0.4, -0.2) is 43.2 Å². The van der Waals surface area contributed by atoms with Crippen LogP contribution in [0.4, 0.5) is 10.5 Å². The summed E-state index contributed by atoms with van der Waals surface area (Å²) in [5, 5.41) is 9.83.